The molecule has 1 N–H and O–H groups in total. The van der Waals surface area contributed by atoms with E-state index in [0.717, 1.165) is 34.7 Å². The SMILES string of the molecule is COc1cccc2ccc(CNCc3nccn3C)nc12. The van der Waals surface area contributed by atoms with Crippen LogP contribution in [-0.2, 0) is 20.1 Å². The molecule has 0 spiro atoms. The molecule has 0 saturated carbocycles. The van der Waals surface area contributed by atoms with E-state index < -0.39 is 0 Å². The first-order chi connectivity index (χ1) is 10.3. The van der Waals surface area contributed by atoms with Gasteiger partial charge in [-0.1, -0.05) is 18.2 Å². The smallest absolute Gasteiger partial charge is 0.145 e. The molecule has 1 aromatic carbocycles. The molecule has 0 aliphatic carbocycles. The van der Waals surface area contributed by atoms with Crippen LogP contribution >= 0.6 is 0 Å². The van der Waals surface area contributed by atoms with Gasteiger partial charge in [0.1, 0.15) is 17.1 Å². The van der Waals surface area contributed by atoms with Crippen LogP contribution in [-0.4, -0.2) is 21.6 Å². The number of aromatic nitrogens is 3. The van der Waals surface area contributed by atoms with Crippen molar-refractivity contribution in [1.29, 1.82) is 0 Å². The van der Waals surface area contributed by atoms with E-state index in [4.69, 9.17) is 4.74 Å². The van der Waals surface area contributed by atoms with Crippen LogP contribution in [0.3, 0.4) is 0 Å². The predicted molar refractivity (Wildman–Crippen MR) is 82.0 cm³/mol. The second-order valence-corrected chi connectivity index (χ2v) is 4.89. The fourth-order valence-electron chi connectivity index (χ4n) is 2.29. The number of benzene rings is 1. The lowest BCUT2D eigenvalue weighted by molar-refractivity contribution is 0.418. The minimum atomic E-state index is 0.695. The highest BCUT2D eigenvalue weighted by Gasteiger charge is 2.04. The van der Waals surface area contributed by atoms with Crippen molar-refractivity contribution in [2.45, 2.75) is 13.1 Å². The van der Waals surface area contributed by atoms with Gasteiger partial charge in [-0.05, 0) is 12.1 Å². The monoisotopic (exact) mass is 282 g/mol. The van der Waals surface area contributed by atoms with E-state index in [1.165, 1.54) is 0 Å². The number of hydrogen-bond acceptors (Lipinski definition) is 4. The molecule has 2 heterocycles. The second-order valence-electron chi connectivity index (χ2n) is 4.89. The van der Waals surface area contributed by atoms with Crippen LogP contribution in [0.15, 0.2) is 42.7 Å². The van der Waals surface area contributed by atoms with E-state index in [9.17, 15) is 0 Å². The van der Waals surface area contributed by atoms with Crippen molar-refractivity contribution in [3.05, 3.63) is 54.2 Å². The largest absolute Gasteiger partial charge is 0.494 e. The summed E-state index contributed by atoms with van der Waals surface area (Å²) in [5.74, 6) is 1.81. The molecule has 0 unspecified atom stereocenters. The number of fused-ring (bicyclic) bond motifs is 1. The zero-order valence-electron chi connectivity index (χ0n) is 12.2. The van der Waals surface area contributed by atoms with Crippen LogP contribution in [0, 0.1) is 0 Å². The van der Waals surface area contributed by atoms with Crippen molar-refractivity contribution >= 4 is 10.9 Å². The first-order valence-corrected chi connectivity index (χ1v) is 6.87. The molecule has 0 saturated heterocycles. The Hall–Kier alpha value is -2.40. The second kappa shape index (κ2) is 5.93. The molecule has 0 aliphatic rings. The molecule has 3 aromatic rings. The zero-order chi connectivity index (χ0) is 14.7. The number of para-hydroxylation sites is 1. The van der Waals surface area contributed by atoms with Crippen LogP contribution in [0.1, 0.15) is 11.5 Å². The molecule has 0 aliphatic heterocycles. The molecule has 0 radical (unpaired) electrons. The number of imidazole rings is 1. The summed E-state index contributed by atoms with van der Waals surface area (Å²) < 4.78 is 7.37. The molecule has 0 amide bonds. The van der Waals surface area contributed by atoms with Gasteiger partial charge in [-0.25, -0.2) is 9.97 Å². The van der Waals surface area contributed by atoms with Gasteiger partial charge in [-0.3, -0.25) is 0 Å². The van der Waals surface area contributed by atoms with Gasteiger partial charge in [0.05, 0.1) is 19.3 Å². The number of nitrogens with one attached hydrogen (secondary N) is 1. The van der Waals surface area contributed by atoms with Gasteiger partial charge in [0.2, 0.25) is 0 Å². The van der Waals surface area contributed by atoms with Gasteiger partial charge >= 0.3 is 0 Å². The quantitative estimate of drug-likeness (QED) is 0.780. The number of aryl methyl sites for hydroxylation is 1. The number of methoxy groups -OCH3 is 1. The van der Waals surface area contributed by atoms with Crippen LogP contribution in [0.25, 0.3) is 10.9 Å². The minimum Gasteiger partial charge on any atom is -0.494 e. The first kappa shape index (κ1) is 13.6. The summed E-state index contributed by atoms with van der Waals surface area (Å²) in [6, 6.07) is 10.0. The number of hydrogen-bond donors (Lipinski definition) is 1. The average molecular weight is 282 g/mol. The Morgan fingerprint density at radius 3 is 2.86 bits per heavy atom. The predicted octanol–water partition coefficient (Wildman–Crippen LogP) is 2.27. The molecule has 108 valence electrons. The van der Waals surface area contributed by atoms with Gasteiger partial charge in [-0.15, -0.1) is 0 Å². The Bertz CT molecular complexity index is 751. The molecular formula is C16H18N4O. The Kier molecular flexibility index (Phi) is 3.83. The lowest BCUT2D eigenvalue weighted by atomic mass is 10.2. The van der Waals surface area contributed by atoms with Gasteiger partial charge in [0, 0.05) is 31.4 Å². The van der Waals surface area contributed by atoms with Crippen molar-refractivity contribution in [3.8, 4) is 5.75 Å². The topological polar surface area (TPSA) is 52.0 Å². The summed E-state index contributed by atoms with van der Waals surface area (Å²) in [5, 5.41) is 4.45. The fourth-order valence-corrected chi connectivity index (χ4v) is 2.29. The summed E-state index contributed by atoms with van der Waals surface area (Å²) in [4.78, 5) is 8.96. The molecule has 3 rings (SSSR count). The van der Waals surface area contributed by atoms with E-state index in [0.29, 0.717) is 6.54 Å². The molecule has 21 heavy (non-hydrogen) atoms. The Balaban J connectivity index is 1.74. The highest BCUT2D eigenvalue weighted by Crippen LogP contribution is 2.23. The molecular weight excluding hydrogens is 264 g/mol. The third kappa shape index (κ3) is 2.87. The maximum absolute atomic E-state index is 5.37. The number of rotatable bonds is 5. The highest BCUT2D eigenvalue weighted by molar-refractivity contribution is 5.84. The maximum atomic E-state index is 5.37. The Morgan fingerprint density at radius 1 is 1.19 bits per heavy atom. The number of nitrogens with zero attached hydrogens (tertiary/aromatic N) is 3. The Morgan fingerprint density at radius 2 is 2.10 bits per heavy atom. The Labute approximate surface area is 123 Å². The molecule has 0 atom stereocenters. The van der Waals surface area contributed by atoms with Crippen molar-refractivity contribution in [2.24, 2.45) is 7.05 Å². The molecule has 5 nitrogen and oxygen atoms in total. The zero-order valence-corrected chi connectivity index (χ0v) is 12.2. The van der Waals surface area contributed by atoms with Gasteiger partial charge < -0.3 is 14.6 Å². The number of pyridine rings is 1. The van der Waals surface area contributed by atoms with Gasteiger partial charge in [0.25, 0.3) is 0 Å². The van der Waals surface area contributed by atoms with E-state index in [-0.39, 0.29) is 0 Å². The molecule has 0 fully saturated rings. The van der Waals surface area contributed by atoms with E-state index in [1.807, 2.05) is 42.1 Å². The van der Waals surface area contributed by atoms with Crippen LogP contribution in [0.4, 0.5) is 0 Å². The summed E-state index contributed by atoms with van der Waals surface area (Å²) >= 11 is 0. The molecule has 0 bridgehead atoms. The molecule has 5 heteroatoms. The third-order valence-corrected chi connectivity index (χ3v) is 3.47. The standard InChI is InChI=1S/C16H18N4O/c1-20-9-8-18-15(20)11-17-10-13-7-6-12-4-3-5-14(21-2)16(12)19-13/h3-9,17H,10-11H2,1-2H3. The van der Waals surface area contributed by atoms with E-state index >= 15 is 0 Å². The summed E-state index contributed by atoms with van der Waals surface area (Å²) in [6.07, 6.45) is 3.74. The lowest BCUT2D eigenvalue weighted by Crippen LogP contribution is -2.16. The van der Waals surface area contributed by atoms with Gasteiger partial charge in [0.15, 0.2) is 0 Å². The minimum absolute atomic E-state index is 0.695. The van der Waals surface area contributed by atoms with Crippen molar-refractivity contribution in [1.82, 2.24) is 19.9 Å². The summed E-state index contributed by atoms with van der Waals surface area (Å²) in [6.45, 7) is 1.41. The highest BCUT2D eigenvalue weighted by atomic mass is 16.5. The fraction of sp³-hybridized carbons (Fsp3) is 0.250. The van der Waals surface area contributed by atoms with Crippen molar-refractivity contribution < 1.29 is 4.74 Å². The summed E-state index contributed by atoms with van der Waals surface area (Å²) in [7, 11) is 3.66. The average Bonchev–Trinajstić information content (AvgIpc) is 2.92. The van der Waals surface area contributed by atoms with E-state index in [1.54, 1.807) is 13.3 Å². The number of ether oxygens (including phenoxy) is 1. The van der Waals surface area contributed by atoms with Crippen LogP contribution < -0.4 is 10.1 Å². The van der Waals surface area contributed by atoms with E-state index in [2.05, 4.69) is 21.4 Å². The normalized spacial score (nSPS) is 11.0. The van der Waals surface area contributed by atoms with Crippen LogP contribution in [0.5, 0.6) is 5.75 Å². The van der Waals surface area contributed by atoms with Crippen LogP contribution in [0.2, 0.25) is 0 Å². The van der Waals surface area contributed by atoms with Gasteiger partial charge in [-0.2, -0.15) is 0 Å². The molecule has 2 aromatic heterocycles. The van der Waals surface area contributed by atoms with Crippen molar-refractivity contribution in [3.63, 3.8) is 0 Å². The summed E-state index contributed by atoms with van der Waals surface area (Å²) in [5.41, 5.74) is 1.89. The first-order valence-electron chi connectivity index (χ1n) is 6.87. The maximum Gasteiger partial charge on any atom is 0.145 e. The lowest BCUT2D eigenvalue weighted by Gasteiger charge is -2.08. The third-order valence-electron chi connectivity index (χ3n) is 3.47. The van der Waals surface area contributed by atoms with Crippen molar-refractivity contribution in [2.75, 3.05) is 7.11 Å².